The highest BCUT2D eigenvalue weighted by atomic mass is 16.3. The summed E-state index contributed by atoms with van der Waals surface area (Å²) < 4.78 is 0. The van der Waals surface area contributed by atoms with Crippen molar-refractivity contribution in [2.24, 2.45) is 0 Å². The van der Waals surface area contributed by atoms with Crippen LogP contribution in [0.3, 0.4) is 0 Å². The largest absolute Gasteiger partial charge is 0.508 e. The molecule has 4 heteroatoms. The fraction of sp³-hybridized carbons (Fsp3) is 0.333. The molecule has 0 fully saturated rings. The number of benzene rings is 1. The highest BCUT2D eigenvalue weighted by Gasteiger charge is 2.11. The number of hydrogen-bond acceptors (Lipinski definition) is 4. The maximum atomic E-state index is 10.2. The highest BCUT2D eigenvalue weighted by Crippen LogP contribution is 2.24. The molecule has 1 heterocycles. The summed E-state index contributed by atoms with van der Waals surface area (Å²) in [4.78, 5) is 6.28. The van der Waals surface area contributed by atoms with Crippen molar-refractivity contribution in [1.82, 2.24) is 9.88 Å². The molecule has 0 saturated carbocycles. The monoisotopic (exact) mass is 295 g/mol. The van der Waals surface area contributed by atoms with Crippen LogP contribution in [-0.2, 0) is 13.1 Å². The molecule has 114 valence electrons. The van der Waals surface area contributed by atoms with Crippen LogP contribution >= 0.6 is 0 Å². The predicted octanol–water partition coefficient (Wildman–Crippen LogP) is 3.32. The molecular formula is C18H21N3O. The molecule has 2 rings (SSSR count). The zero-order valence-corrected chi connectivity index (χ0v) is 13.1. The van der Waals surface area contributed by atoms with Gasteiger partial charge in [-0.1, -0.05) is 12.1 Å². The summed E-state index contributed by atoms with van der Waals surface area (Å²) in [5, 5.41) is 19.0. The number of aromatic nitrogens is 1. The lowest BCUT2D eigenvalue weighted by Crippen LogP contribution is -2.24. The first kappa shape index (κ1) is 16.0. The van der Waals surface area contributed by atoms with Crippen molar-refractivity contribution in [3.63, 3.8) is 0 Å². The molecule has 0 saturated heterocycles. The first-order chi connectivity index (χ1) is 10.6. The standard InChI is InChI=1S/C18H21N3O/c1-14-9-17(18(22)10-15(14)2)13-21(8-4-6-19)12-16-5-3-7-20-11-16/h3,5,7,9-11,22H,4,8,12-13H2,1-2H3. The second-order valence-corrected chi connectivity index (χ2v) is 5.55. The van der Waals surface area contributed by atoms with Crippen LogP contribution in [-0.4, -0.2) is 21.5 Å². The van der Waals surface area contributed by atoms with E-state index in [9.17, 15) is 5.11 Å². The van der Waals surface area contributed by atoms with E-state index in [1.165, 1.54) is 0 Å². The Bertz CT molecular complexity index is 662. The van der Waals surface area contributed by atoms with Gasteiger partial charge in [0.2, 0.25) is 0 Å². The van der Waals surface area contributed by atoms with Crippen molar-refractivity contribution in [3.05, 3.63) is 58.9 Å². The van der Waals surface area contributed by atoms with Gasteiger partial charge in [-0.25, -0.2) is 0 Å². The molecule has 1 N–H and O–H groups in total. The summed E-state index contributed by atoms with van der Waals surface area (Å²) in [5.74, 6) is 0.316. The fourth-order valence-corrected chi connectivity index (χ4v) is 2.40. The van der Waals surface area contributed by atoms with E-state index in [4.69, 9.17) is 5.26 Å². The number of aromatic hydroxyl groups is 1. The van der Waals surface area contributed by atoms with Crippen LogP contribution in [0.1, 0.15) is 28.7 Å². The molecule has 1 aromatic heterocycles. The van der Waals surface area contributed by atoms with Crippen LogP contribution in [0.5, 0.6) is 5.75 Å². The average Bonchev–Trinajstić information content (AvgIpc) is 2.51. The van der Waals surface area contributed by atoms with Gasteiger partial charge in [0.15, 0.2) is 0 Å². The number of phenols is 1. The molecule has 1 aromatic carbocycles. The Hall–Kier alpha value is -2.38. The van der Waals surface area contributed by atoms with Crippen LogP contribution in [0.15, 0.2) is 36.7 Å². The second kappa shape index (κ2) is 7.58. The molecule has 0 aliphatic carbocycles. The molecule has 0 amide bonds. The van der Waals surface area contributed by atoms with Gasteiger partial charge in [0.25, 0.3) is 0 Å². The number of hydrogen-bond donors (Lipinski definition) is 1. The highest BCUT2D eigenvalue weighted by molar-refractivity contribution is 5.40. The van der Waals surface area contributed by atoms with Gasteiger partial charge >= 0.3 is 0 Å². The minimum absolute atomic E-state index is 0.316. The Morgan fingerprint density at radius 3 is 2.68 bits per heavy atom. The first-order valence-corrected chi connectivity index (χ1v) is 7.37. The van der Waals surface area contributed by atoms with Crippen molar-refractivity contribution >= 4 is 0 Å². The Morgan fingerprint density at radius 2 is 2.00 bits per heavy atom. The fourth-order valence-electron chi connectivity index (χ4n) is 2.40. The lowest BCUT2D eigenvalue weighted by atomic mass is 10.0. The van der Waals surface area contributed by atoms with Gasteiger partial charge in [-0.15, -0.1) is 0 Å². The molecule has 0 aliphatic heterocycles. The van der Waals surface area contributed by atoms with E-state index in [0.29, 0.717) is 31.8 Å². The van der Waals surface area contributed by atoms with Crippen molar-refractivity contribution in [2.75, 3.05) is 6.54 Å². The van der Waals surface area contributed by atoms with Gasteiger partial charge in [-0.3, -0.25) is 9.88 Å². The molecule has 0 bridgehead atoms. The average molecular weight is 295 g/mol. The molecule has 0 radical (unpaired) electrons. The number of aryl methyl sites for hydroxylation is 2. The molecule has 0 aliphatic rings. The van der Waals surface area contributed by atoms with Crippen molar-refractivity contribution in [2.45, 2.75) is 33.4 Å². The van der Waals surface area contributed by atoms with E-state index >= 15 is 0 Å². The zero-order valence-electron chi connectivity index (χ0n) is 13.1. The number of phenolic OH excluding ortho intramolecular Hbond substituents is 1. The van der Waals surface area contributed by atoms with Crippen LogP contribution in [0.25, 0.3) is 0 Å². The van der Waals surface area contributed by atoms with E-state index in [1.54, 1.807) is 12.3 Å². The van der Waals surface area contributed by atoms with E-state index in [1.807, 2.05) is 38.2 Å². The van der Waals surface area contributed by atoms with E-state index in [0.717, 1.165) is 22.3 Å². The normalized spacial score (nSPS) is 10.6. The minimum atomic E-state index is 0.316. The first-order valence-electron chi connectivity index (χ1n) is 7.37. The van der Waals surface area contributed by atoms with Crippen molar-refractivity contribution in [3.8, 4) is 11.8 Å². The summed E-state index contributed by atoms with van der Waals surface area (Å²) in [6.45, 7) is 6.02. The molecule has 22 heavy (non-hydrogen) atoms. The van der Waals surface area contributed by atoms with Gasteiger partial charge in [0.05, 0.1) is 6.07 Å². The molecule has 2 aromatic rings. The smallest absolute Gasteiger partial charge is 0.120 e. The third-order valence-electron chi connectivity index (χ3n) is 3.76. The Kier molecular flexibility index (Phi) is 5.51. The molecule has 0 unspecified atom stereocenters. The van der Waals surface area contributed by atoms with Gasteiger partial charge in [-0.2, -0.15) is 5.26 Å². The number of rotatable bonds is 6. The Labute approximate surface area is 131 Å². The van der Waals surface area contributed by atoms with E-state index in [-0.39, 0.29) is 0 Å². The Balaban J connectivity index is 2.16. The third-order valence-corrected chi connectivity index (χ3v) is 3.76. The van der Waals surface area contributed by atoms with E-state index in [2.05, 4.69) is 16.0 Å². The summed E-state index contributed by atoms with van der Waals surface area (Å²) in [6.07, 6.45) is 4.05. The number of nitriles is 1. The van der Waals surface area contributed by atoms with Crippen LogP contribution in [0.4, 0.5) is 0 Å². The molecule has 0 spiro atoms. The zero-order chi connectivity index (χ0) is 15.9. The third kappa shape index (κ3) is 4.31. The number of pyridine rings is 1. The summed E-state index contributed by atoms with van der Waals surface area (Å²) in [5.41, 5.74) is 4.24. The summed E-state index contributed by atoms with van der Waals surface area (Å²) in [7, 11) is 0. The van der Waals surface area contributed by atoms with Gasteiger partial charge in [-0.05, 0) is 42.7 Å². The van der Waals surface area contributed by atoms with E-state index < -0.39 is 0 Å². The van der Waals surface area contributed by atoms with Gasteiger partial charge < -0.3 is 5.11 Å². The van der Waals surface area contributed by atoms with Crippen LogP contribution in [0.2, 0.25) is 0 Å². The predicted molar refractivity (Wildman–Crippen MR) is 86.2 cm³/mol. The SMILES string of the molecule is Cc1cc(O)c(CN(CCC#N)Cc2cccnc2)cc1C. The summed E-state index contributed by atoms with van der Waals surface area (Å²) in [6, 6.07) is 9.94. The quantitative estimate of drug-likeness (QED) is 0.888. The second-order valence-electron chi connectivity index (χ2n) is 5.55. The topological polar surface area (TPSA) is 60.1 Å². The van der Waals surface area contributed by atoms with Gasteiger partial charge in [0.1, 0.15) is 5.75 Å². The minimum Gasteiger partial charge on any atom is -0.508 e. The molecule has 4 nitrogen and oxygen atoms in total. The van der Waals surface area contributed by atoms with Crippen molar-refractivity contribution < 1.29 is 5.11 Å². The Morgan fingerprint density at radius 1 is 1.23 bits per heavy atom. The lowest BCUT2D eigenvalue weighted by molar-refractivity contribution is 0.259. The van der Waals surface area contributed by atoms with Crippen LogP contribution in [0, 0.1) is 25.2 Å². The van der Waals surface area contributed by atoms with Crippen LogP contribution < -0.4 is 0 Å². The lowest BCUT2D eigenvalue weighted by Gasteiger charge is -2.22. The number of nitrogens with zero attached hydrogens (tertiary/aromatic N) is 3. The maximum absolute atomic E-state index is 10.2. The van der Waals surface area contributed by atoms with Crippen molar-refractivity contribution in [1.29, 1.82) is 5.26 Å². The van der Waals surface area contributed by atoms with Gasteiger partial charge in [0, 0.05) is 44.0 Å². The molecule has 0 atom stereocenters. The summed E-state index contributed by atoms with van der Waals surface area (Å²) >= 11 is 0. The maximum Gasteiger partial charge on any atom is 0.120 e. The molecular weight excluding hydrogens is 274 g/mol.